The predicted octanol–water partition coefficient (Wildman–Crippen LogP) is 5.38. The molecule has 0 radical (unpaired) electrons. The van der Waals surface area contributed by atoms with E-state index in [1.54, 1.807) is 0 Å². The molecule has 0 bridgehead atoms. The number of hydrogen-bond donors (Lipinski definition) is 0. The van der Waals surface area contributed by atoms with Gasteiger partial charge in [0.1, 0.15) is 0 Å². The van der Waals surface area contributed by atoms with Crippen LogP contribution in [-0.2, 0) is 5.41 Å². The molecular formula is C21H18N2. The van der Waals surface area contributed by atoms with Crippen LogP contribution in [0.25, 0.3) is 22.0 Å². The van der Waals surface area contributed by atoms with Gasteiger partial charge in [0, 0.05) is 34.4 Å². The Bertz CT molecular complexity index is 1010. The van der Waals surface area contributed by atoms with E-state index in [0.717, 1.165) is 11.4 Å². The van der Waals surface area contributed by atoms with Crippen LogP contribution in [0.5, 0.6) is 0 Å². The van der Waals surface area contributed by atoms with Crippen molar-refractivity contribution >= 4 is 22.2 Å². The van der Waals surface area contributed by atoms with Crippen molar-refractivity contribution < 1.29 is 0 Å². The van der Waals surface area contributed by atoms with Crippen molar-refractivity contribution in [2.45, 2.75) is 32.1 Å². The number of aromatic nitrogens is 1. The molecule has 112 valence electrons. The lowest BCUT2D eigenvalue weighted by atomic mass is 9.63. The Labute approximate surface area is 135 Å². The Hall–Kier alpha value is -2.48. The summed E-state index contributed by atoms with van der Waals surface area (Å²) in [6, 6.07) is 15.3. The van der Waals surface area contributed by atoms with Gasteiger partial charge in [0.15, 0.2) is 0 Å². The molecule has 2 heteroatoms. The highest BCUT2D eigenvalue weighted by molar-refractivity contribution is 6.03. The topological polar surface area (TPSA) is 25.2 Å². The molecule has 0 saturated carbocycles. The van der Waals surface area contributed by atoms with Gasteiger partial charge in [-0.2, -0.15) is 0 Å². The molecule has 0 N–H and O–H groups in total. The van der Waals surface area contributed by atoms with Gasteiger partial charge in [-0.15, -0.1) is 0 Å². The highest BCUT2D eigenvalue weighted by Crippen LogP contribution is 2.56. The van der Waals surface area contributed by atoms with Gasteiger partial charge in [-0.1, -0.05) is 38.1 Å². The Kier molecular flexibility index (Phi) is 2.31. The lowest BCUT2D eigenvalue weighted by Gasteiger charge is -2.39. The molecule has 0 amide bonds. The van der Waals surface area contributed by atoms with Crippen LogP contribution in [0.4, 0.5) is 5.69 Å². The fraction of sp³-hybridized carbons (Fsp3) is 0.238. The van der Waals surface area contributed by atoms with Gasteiger partial charge < -0.3 is 0 Å². The molecule has 23 heavy (non-hydrogen) atoms. The summed E-state index contributed by atoms with van der Waals surface area (Å²) in [5.41, 5.74) is 7.42. The highest BCUT2D eigenvalue weighted by atomic mass is 14.8. The van der Waals surface area contributed by atoms with E-state index in [2.05, 4.69) is 57.2 Å². The SMILES string of the molecule is CC1=Nc2ccnc3c2C1C(C)(C)c1cc2ccccc2cc1-3. The number of fused-ring (bicyclic) bond motifs is 3. The molecule has 5 rings (SSSR count). The van der Waals surface area contributed by atoms with Gasteiger partial charge in [0.05, 0.1) is 11.4 Å². The average Bonchev–Trinajstić information content (AvgIpc) is 2.89. The first kappa shape index (κ1) is 13.0. The lowest BCUT2D eigenvalue weighted by Crippen LogP contribution is -2.34. The zero-order chi connectivity index (χ0) is 15.8. The van der Waals surface area contributed by atoms with Crippen molar-refractivity contribution in [3.63, 3.8) is 0 Å². The van der Waals surface area contributed by atoms with Gasteiger partial charge in [-0.05, 0) is 41.5 Å². The average molecular weight is 298 g/mol. The first-order chi connectivity index (χ1) is 11.1. The second-order valence-corrected chi connectivity index (χ2v) is 7.25. The van der Waals surface area contributed by atoms with Crippen molar-refractivity contribution in [1.82, 2.24) is 4.98 Å². The number of rotatable bonds is 0. The molecule has 2 nitrogen and oxygen atoms in total. The predicted molar refractivity (Wildman–Crippen MR) is 95.7 cm³/mol. The molecule has 0 spiro atoms. The molecule has 0 fully saturated rings. The van der Waals surface area contributed by atoms with E-state index < -0.39 is 0 Å². The molecular weight excluding hydrogens is 280 g/mol. The minimum absolute atomic E-state index is 0.0221. The van der Waals surface area contributed by atoms with E-state index in [1.807, 2.05) is 12.3 Å². The second-order valence-electron chi connectivity index (χ2n) is 7.25. The van der Waals surface area contributed by atoms with E-state index in [4.69, 9.17) is 9.98 Å². The third-order valence-electron chi connectivity index (χ3n) is 5.53. The third-order valence-corrected chi connectivity index (χ3v) is 5.53. The first-order valence-electron chi connectivity index (χ1n) is 8.15. The summed E-state index contributed by atoms with van der Waals surface area (Å²) in [5, 5.41) is 2.57. The van der Waals surface area contributed by atoms with Crippen LogP contribution in [0.2, 0.25) is 0 Å². The van der Waals surface area contributed by atoms with Crippen molar-refractivity contribution in [1.29, 1.82) is 0 Å². The lowest BCUT2D eigenvalue weighted by molar-refractivity contribution is 0.487. The standard InChI is InChI=1S/C21H18N2/c1-12-19-18-17(23-12)8-9-22-20(18)15-10-13-6-4-5-7-14(13)11-16(15)21(19,2)3/h4-11,19H,1-3H3. The van der Waals surface area contributed by atoms with Gasteiger partial charge in [0.2, 0.25) is 0 Å². The molecule has 1 aromatic heterocycles. The van der Waals surface area contributed by atoms with E-state index in [1.165, 1.54) is 33.2 Å². The first-order valence-corrected chi connectivity index (χ1v) is 8.15. The Balaban J connectivity index is 1.94. The van der Waals surface area contributed by atoms with Crippen LogP contribution in [0, 0.1) is 0 Å². The van der Waals surface area contributed by atoms with Crippen molar-refractivity contribution in [3.05, 3.63) is 59.8 Å². The molecule has 0 saturated heterocycles. The normalized spacial score (nSPS) is 20.1. The van der Waals surface area contributed by atoms with Gasteiger partial charge in [-0.3, -0.25) is 9.98 Å². The maximum absolute atomic E-state index is 4.83. The summed E-state index contributed by atoms with van der Waals surface area (Å²) in [6.45, 7) is 6.84. The molecule has 2 heterocycles. The van der Waals surface area contributed by atoms with Crippen LogP contribution in [0.3, 0.4) is 0 Å². The van der Waals surface area contributed by atoms with Crippen LogP contribution >= 0.6 is 0 Å². The molecule has 2 aromatic carbocycles. The minimum atomic E-state index is 0.0221. The minimum Gasteiger partial charge on any atom is -0.257 e. The van der Waals surface area contributed by atoms with Crippen LogP contribution in [0.15, 0.2) is 53.7 Å². The van der Waals surface area contributed by atoms with E-state index in [0.29, 0.717) is 5.92 Å². The number of benzene rings is 2. The van der Waals surface area contributed by atoms with E-state index in [-0.39, 0.29) is 5.41 Å². The number of pyridine rings is 1. The highest BCUT2D eigenvalue weighted by Gasteiger charge is 2.45. The zero-order valence-corrected chi connectivity index (χ0v) is 13.6. The number of hydrogen-bond acceptors (Lipinski definition) is 2. The van der Waals surface area contributed by atoms with Crippen LogP contribution < -0.4 is 0 Å². The summed E-state index contributed by atoms with van der Waals surface area (Å²) < 4.78 is 0. The van der Waals surface area contributed by atoms with E-state index >= 15 is 0 Å². The Morgan fingerprint density at radius 1 is 1.00 bits per heavy atom. The number of aliphatic imine (C=N–C) groups is 1. The maximum atomic E-state index is 4.83. The molecule has 1 unspecified atom stereocenters. The summed E-state index contributed by atoms with van der Waals surface area (Å²) in [5.74, 6) is 0.329. The monoisotopic (exact) mass is 298 g/mol. The molecule has 1 aliphatic heterocycles. The second kappa shape index (κ2) is 4.08. The maximum Gasteiger partial charge on any atom is 0.0765 e. The molecule has 2 aliphatic rings. The van der Waals surface area contributed by atoms with Crippen LogP contribution in [0.1, 0.15) is 37.8 Å². The Morgan fingerprint density at radius 2 is 1.74 bits per heavy atom. The summed E-state index contributed by atoms with van der Waals surface area (Å²) in [6.07, 6.45) is 1.89. The summed E-state index contributed by atoms with van der Waals surface area (Å²) in [4.78, 5) is 9.58. The van der Waals surface area contributed by atoms with Gasteiger partial charge in [-0.25, -0.2) is 0 Å². The third kappa shape index (κ3) is 1.53. The number of nitrogens with zero attached hydrogens (tertiary/aromatic N) is 2. The van der Waals surface area contributed by atoms with Gasteiger partial charge in [0.25, 0.3) is 0 Å². The fourth-order valence-corrected chi connectivity index (χ4v) is 4.53. The van der Waals surface area contributed by atoms with Crippen molar-refractivity contribution in [2.24, 2.45) is 4.99 Å². The largest absolute Gasteiger partial charge is 0.257 e. The fourth-order valence-electron chi connectivity index (χ4n) is 4.53. The van der Waals surface area contributed by atoms with Crippen molar-refractivity contribution in [2.75, 3.05) is 0 Å². The molecule has 1 atom stereocenters. The quantitative estimate of drug-likeness (QED) is 0.547. The summed E-state index contributed by atoms with van der Waals surface area (Å²) >= 11 is 0. The molecule has 1 aliphatic carbocycles. The molecule has 3 aromatic rings. The van der Waals surface area contributed by atoms with Crippen molar-refractivity contribution in [3.8, 4) is 11.3 Å². The summed E-state index contributed by atoms with van der Waals surface area (Å²) in [7, 11) is 0. The Morgan fingerprint density at radius 3 is 2.52 bits per heavy atom. The van der Waals surface area contributed by atoms with Gasteiger partial charge >= 0.3 is 0 Å². The smallest absolute Gasteiger partial charge is 0.0765 e. The zero-order valence-electron chi connectivity index (χ0n) is 13.6. The van der Waals surface area contributed by atoms with E-state index in [9.17, 15) is 0 Å². The van der Waals surface area contributed by atoms with Crippen LogP contribution in [-0.4, -0.2) is 10.7 Å².